The maximum atomic E-state index is 13.0. The van der Waals surface area contributed by atoms with Crippen molar-refractivity contribution < 1.29 is 14.4 Å². The zero-order valence-electron chi connectivity index (χ0n) is 18.5. The highest BCUT2D eigenvalue weighted by Crippen LogP contribution is 2.25. The molecule has 172 valence electrons. The van der Waals surface area contributed by atoms with Crippen LogP contribution in [-0.2, 0) is 16.0 Å². The third-order valence-electron chi connectivity index (χ3n) is 5.48. The number of nitrogens with two attached hydrogens (primary N) is 1. The lowest BCUT2D eigenvalue weighted by Crippen LogP contribution is -2.39. The molecule has 1 aliphatic heterocycles. The summed E-state index contributed by atoms with van der Waals surface area (Å²) in [5, 5.41) is 11.5. The van der Waals surface area contributed by atoms with Crippen LogP contribution in [0.2, 0.25) is 0 Å². The van der Waals surface area contributed by atoms with Gasteiger partial charge in [0.05, 0.1) is 16.9 Å². The number of carbonyl (C=O) groups excluding carboxylic acids is 3. The van der Waals surface area contributed by atoms with Crippen molar-refractivity contribution in [3.05, 3.63) is 96.1 Å². The standard InChI is InChI=1S/C26H25N5O3/c27-24(32)23-17-22(30-31(23)19-11-5-2-6-12-19)26(34)29-21-14-8-7-13-20(21)25(33)28-16-15-18-9-3-1-4-10-18/h1-14,23H,15-17H2,(H2,27,32)(H,28,33)(H,29,34). The van der Waals surface area contributed by atoms with Crippen molar-refractivity contribution in [2.24, 2.45) is 10.8 Å². The van der Waals surface area contributed by atoms with Crippen LogP contribution in [0.25, 0.3) is 0 Å². The maximum Gasteiger partial charge on any atom is 0.271 e. The van der Waals surface area contributed by atoms with Gasteiger partial charge in [0.25, 0.3) is 11.8 Å². The van der Waals surface area contributed by atoms with E-state index in [9.17, 15) is 14.4 Å². The number of nitrogens with one attached hydrogen (secondary N) is 2. The third-order valence-corrected chi connectivity index (χ3v) is 5.48. The van der Waals surface area contributed by atoms with Gasteiger partial charge in [0, 0.05) is 13.0 Å². The molecule has 0 saturated carbocycles. The quantitative estimate of drug-likeness (QED) is 0.484. The number of anilines is 2. The van der Waals surface area contributed by atoms with Crippen molar-refractivity contribution in [1.29, 1.82) is 0 Å². The molecule has 3 amide bonds. The van der Waals surface area contributed by atoms with Crippen LogP contribution in [0.5, 0.6) is 0 Å². The lowest BCUT2D eigenvalue weighted by molar-refractivity contribution is -0.119. The van der Waals surface area contributed by atoms with Crippen molar-refractivity contribution in [2.75, 3.05) is 16.9 Å². The Labute approximate surface area is 197 Å². The predicted molar refractivity (Wildman–Crippen MR) is 132 cm³/mol. The fourth-order valence-electron chi connectivity index (χ4n) is 3.73. The van der Waals surface area contributed by atoms with E-state index in [1.165, 1.54) is 5.01 Å². The Kier molecular flexibility index (Phi) is 6.98. The summed E-state index contributed by atoms with van der Waals surface area (Å²) in [6, 6.07) is 24.9. The minimum absolute atomic E-state index is 0.0709. The molecule has 8 nitrogen and oxygen atoms in total. The molecule has 0 spiro atoms. The topological polar surface area (TPSA) is 117 Å². The van der Waals surface area contributed by atoms with Gasteiger partial charge < -0.3 is 16.4 Å². The van der Waals surface area contributed by atoms with E-state index in [2.05, 4.69) is 15.7 Å². The van der Waals surface area contributed by atoms with Gasteiger partial charge in [-0.1, -0.05) is 60.7 Å². The summed E-state index contributed by atoms with van der Waals surface area (Å²) < 4.78 is 0. The van der Waals surface area contributed by atoms with Gasteiger partial charge in [-0.2, -0.15) is 5.10 Å². The number of nitrogens with zero attached hydrogens (tertiary/aromatic N) is 2. The highest BCUT2D eigenvalue weighted by molar-refractivity contribution is 6.44. The average molecular weight is 456 g/mol. The van der Waals surface area contributed by atoms with Gasteiger partial charge >= 0.3 is 0 Å². The molecule has 0 bridgehead atoms. The maximum absolute atomic E-state index is 13.0. The van der Waals surface area contributed by atoms with E-state index in [4.69, 9.17) is 5.73 Å². The number of para-hydroxylation sites is 2. The number of amides is 3. The largest absolute Gasteiger partial charge is 0.368 e. The zero-order chi connectivity index (χ0) is 23.9. The fourth-order valence-corrected chi connectivity index (χ4v) is 3.73. The second kappa shape index (κ2) is 10.4. The molecule has 3 aromatic carbocycles. The molecule has 3 aromatic rings. The molecule has 1 heterocycles. The summed E-state index contributed by atoms with van der Waals surface area (Å²) in [4.78, 5) is 37.7. The zero-order valence-corrected chi connectivity index (χ0v) is 18.5. The van der Waals surface area contributed by atoms with Gasteiger partial charge in [0.2, 0.25) is 5.91 Å². The molecule has 1 unspecified atom stereocenters. The molecule has 34 heavy (non-hydrogen) atoms. The van der Waals surface area contributed by atoms with E-state index in [1.54, 1.807) is 36.4 Å². The molecule has 0 saturated heterocycles. The molecule has 4 rings (SSSR count). The number of rotatable bonds is 8. The fraction of sp³-hybridized carbons (Fsp3) is 0.154. The third kappa shape index (κ3) is 5.29. The minimum Gasteiger partial charge on any atom is -0.368 e. The van der Waals surface area contributed by atoms with Gasteiger partial charge in [-0.25, -0.2) is 0 Å². The van der Waals surface area contributed by atoms with Crippen LogP contribution < -0.4 is 21.4 Å². The van der Waals surface area contributed by atoms with Crippen LogP contribution in [0, 0.1) is 0 Å². The minimum atomic E-state index is -0.764. The summed E-state index contributed by atoms with van der Waals surface area (Å²) >= 11 is 0. The van der Waals surface area contributed by atoms with Crippen molar-refractivity contribution in [3.63, 3.8) is 0 Å². The van der Waals surface area contributed by atoms with Crippen LogP contribution in [-0.4, -0.2) is 36.0 Å². The number of primary amides is 1. The van der Waals surface area contributed by atoms with Gasteiger partial charge in [0.15, 0.2) is 0 Å². The molecule has 8 heteroatoms. The second-order valence-corrected chi connectivity index (χ2v) is 7.84. The Morgan fingerprint density at radius 1 is 0.882 bits per heavy atom. The molecular formula is C26H25N5O3. The smallest absolute Gasteiger partial charge is 0.271 e. The first-order chi connectivity index (χ1) is 16.5. The number of hydrogen-bond donors (Lipinski definition) is 3. The Morgan fingerprint density at radius 2 is 1.53 bits per heavy atom. The highest BCUT2D eigenvalue weighted by Gasteiger charge is 2.35. The molecule has 1 aliphatic rings. The molecular weight excluding hydrogens is 430 g/mol. The number of benzene rings is 3. The molecule has 4 N–H and O–H groups in total. The molecule has 1 atom stereocenters. The van der Waals surface area contributed by atoms with Crippen molar-refractivity contribution in [1.82, 2.24) is 5.32 Å². The first-order valence-electron chi connectivity index (χ1n) is 11.0. The van der Waals surface area contributed by atoms with Crippen molar-refractivity contribution >= 4 is 34.8 Å². The van der Waals surface area contributed by atoms with Crippen LogP contribution in [0.1, 0.15) is 22.3 Å². The van der Waals surface area contributed by atoms with E-state index in [0.29, 0.717) is 29.9 Å². The van der Waals surface area contributed by atoms with E-state index >= 15 is 0 Å². The molecule has 0 fully saturated rings. The average Bonchev–Trinajstić information content (AvgIpc) is 3.32. The van der Waals surface area contributed by atoms with Gasteiger partial charge in [-0.05, 0) is 36.2 Å². The lowest BCUT2D eigenvalue weighted by Gasteiger charge is -2.20. The van der Waals surface area contributed by atoms with Gasteiger partial charge in [-0.3, -0.25) is 19.4 Å². The van der Waals surface area contributed by atoms with E-state index in [0.717, 1.165) is 5.56 Å². The Bertz CT molecular complexity index is 1210. The summed E-state index contributed by atoms with van der Waals surface area (Å²) in [6.45, 7) is 0.462. The highest BCUT2D eigenvalue weighted by atomic mass is 16.2. The van der Waals surface area contributed by atoms with Gasteiger partial charge in [-0.15, -0.1) is 0 Å². The first-order valence-corrected chi connectivity index (χ1v) is 11.0. The SMILES string of the molecule is NC(=O)C1CC(C(=O)Nc2ccccc2C(=O)NCCc2ccccc2)=NN1c1ccccc1. The van der Waals surface area contributed by atoms with E-state index in [-0.39, 0.29) is 18.0 Å². The molecule has 0 radical (unpaired) electrons. The summed E-state index contributed by atoms with van der Waals surface area (Å²) in [7, 11) is 0. The number of hydrazone groups is 1. The van der Waals surface area contributed by atoms with Crippen LogP contribution in [0.3, 0.4) is 0 Å². The van der Waals surface area contributed by atoms with Crippen LogP contribution >= 0.6 is 0 Å². The number of hydrogen-bond acceptors (Lipinski definition) is 5. The Balaban J connectivity index is 1.45. The van der Waals surface area contributed by atoms with Gasteiger partial charge in [0.1, 0.15) is 11.8 Å². The summed E-state index contributed by atoms with van der Waals surface area (Å²) in [5.74, 6) is -1.36. The summed E-state index contributed by atoms with van der Waals surface area (Å²) in [6.07, 6.45) is 0.767. The normalized spacial score (nSPS) is 14.9. The second-order valence-electron chi connectivity index (χ2n) is 7.84. The lowest BCUT2D eigenvalue weighted by atomic mass is 10.1. The summed E-state index contributed by atoms with van der Waals surface area (Å²) in [5.41, 5.74) is 8.20. The first kappa shape index (κ1) is 22.7. The predicted octanol–water partition coefficient (Wildman–Crippen LogP) is 2.72. The van der Waals surface area contributed by atoms with Crippen LogP contribution in [0.15, 0.2) is 90.0 Å². The Morgan fingerprint density at radius 3 is 2.24 bits per heavy atom. The van der Waals surface area contributed by atoms with E-state index < -0.39 is 17.9 Å². The monoisotopic (exact) mass is 455 g/mol. The van der Waals surface area contributed by atoms with Crippen molar-refractivity contribution in [2.45, 2.75) is 18.9 Å². The number of carbonyl (C=O) groups is 3. The Hall–Kier alpha value is -4.46. The molecule has 0 aromatic heterocycles. The van der Waals surface area contributed by atoms with Crippen molar-refractivity contribution in [3.8, 4) is 0 Å². The van der Waals surface area contributed by atoms with E-state index in [1.807, 2.05) is 48.5 Å². The van der Waals surface area contributed by atoms with Crippen LogP contribution in [0.4, 0.5) is 11.4 Å². The molecule has 0 aliphatic carbocycles.